The number of nitrogens with two attached hydrogens (primary N) is 1. The van der Waals surface area contributed by atoms with E-state index in [4.69, 9.17) is 5.73 Å². The van der Waals surface area contributed by atoms with Crippen molar-refractivity contribution in [2.45, 2.75) is 46.0 Å². The number of ketones is 1. The predicted octanol–water partition coefficient (Wildman–Crippen LogP) is 3.43. The Labute approximate surface area is 110 Å². The van der Waals surface area contributed by atoms with Gasteiger partial charge in [0.2, 0.25) is 0 Å². The second-order valence-corrected chi connectivity index (χ2v) is 5.90. The lowest BCUT2D eigenvalue weighted by Crippen LogP contribution is -2.44. The van der Waals surface area contributed by atoms with Crippen LogP contribution in [-0.4, -0.2) is 12.3 Å². The molecule has 2 rings (SSSR count). The van der Waals surface area contributed by atoms with Crippen molar-refractivity contribution in [1.82, 2.24) is 0 Å². The molecule has 2 heteroatoms. The van der Waals surface area contributed by atoms with Crippen molar-refractivity contribution >= 4 is 5.78 Å². The third kappa shape index (κ3) is 2.10. The van der Waals surface area contributed by atoms with E-state index in [9.17, 15) is 4.79 Å². The fourth-order valence-electron chi connectivity index (χ4n) is 2.66. The number of carbonyl (C=O) groups excluding carboxylic acids is 1. The summed E-state index contributed by atoms with van der Waals surface area (Å²) in [6.45, 7) is 6.80. The second kappa shape index (κ2) is 4.85. The second-order valence-electron chi connectivity index (χ2n) is 5.90. The van der Waals surface area contributed by atoms with Gasteiger partial charge < -0.3 is 5.73 Å². The van der Waals surface area contributed by atoms with E-state index in [2.05, 4.69) is 32.0 Å². The molecule has 1 saturated carbocycles. The largest absolute Gasteiger partial charge is 0.329 e. The Morgan fingerprint density at radius 2 is 2.06 bits per heavy atom. The predicted molar refractivity (Wildman–Crippen MR) is 74.9 cm³/mol. The van der Waals surface area contributed by atoms with Crippen LogP contribution in [0.4, 0.5) is 0 Å². The highest BCUT2D eigenvalue weighted by molar-refractivity contribution is 6.02. The van der Waals surface area contributed by atoms with Crippen LogP contribution in [0.15, 0.2) is 18.2 Å². The summed E-state index contributed by atoms with van der Waals surface area (Å²) in [7, 11) is 0. The molecule has 0 aliphatic heterocycles. The molecular formula is C16H23NO. The first-order chi connectivity index (χ1) is 8.50. The Morgan fingerprint density at radius 3 is 2.50 bits per heavy atom. The van der Waals surface area contributed by atoms with Crippen molar-refractivity contribution in [3.8, 4) is 0 Å². The molecule has 18 heavy (non-hydrogen) atoms. The van der Waals surface area contributed by atoms with E-state index >= 15 is 0 Å². The summed E-state index contributed by atoms with van der Waals surface area (Å²) >= 11 is 0. The van der Waals surface area contributed by atoms with Gasteiger partial charge in [0.15, 0.2) is 5.78 Å². The zero-order chi connectivity index (χ0) is 13.3. The van der Waals surface area contributed by atoms with Gasteiger partial charge in [-0.1, -0.05) is 32.4 Å². The van der Waals surface area contributed by atoms with Gasteiger partial charge in [0.05, 0.1) is 0 Å². The molecule has 98 valence electrons. The molecule has 0 atom stereocenters. The summed E-state index contributed by atoms with van der Waals surface area (Å²) in [4.78, 5) is 12.7. The van der Waals surface area contributed by atoms with E-state index in [-0.39, 0.29) is 11.2 Å². The molecule has 0 radical (unpaired) electrons. The van der Waals surface area contributed by atoms with E-state index in [1.54, 1.807) is 0 Å². The lowest BCUT2D eigenvalue weighted by Gasteiger charge is -2.39. The van der Waals surface area contributed by atoms with E-state index in [1.807, 2.05) is 6.92 Å². The maximum atomic E-state index is 12.7. The summed E-state index contributed by atoms with van der Waals surface area (Å²) in [5.41, 5.74) is 8.76. The SMILES string of the molecule is Cc1ccc(C(C)C)cc1C(=O)C1(CN)CCC1. The standard InChI is InChI=1S/C16H23NO/c1-11(2)13-6-5-12(3)14(9-13)15(18)16(10-17)7-4-8-16/h5-6,9,11H,4,7-8,10,17H2,1-3H3. The van der Waals surface area contributed by atoms with Crippen molar-refractivity contribution in [1.29, 1.82) is 0 Å². The minimum Gasteiger partial charge on any atom is -0.329 e. The normalized spacial score (nSPS) is 17.6. The number of Topliss-reactive ketones (excluding diaryl/α,β-unsaturated/α-hetero) is 1. The monoisotopic (exact) mass is 245 g/mol. The van der Waals surface area contributed by atoms with Crippen LogP contribution in [0.25, 0.3) is 0 Å². The zero-order valence-electron chi connectivity index (χ0n) is 11.6. The Kier molecular flexibility index (Phi) is 3.58. The number of benzene rings is 1. The Hall–Kier alpha value is -1.15. The number of rotatable bonds is 4. The highest BCUT2D eigenvalue weighted by Crippen LogP contribution is 2.43. The van der Waals surface area contributed by atoms with Gasteiger partial charge in [-0.2, -0.15) is 0 Å². The highest BCUT2D eigenvalue weighted by atomic mass is 16.1. The van der Waals surface area contributed by atoms with Crippen LogP contribution >= 0.6 is 0 Å². The molecule has 0 bridgehead atoms. The molecule has 0 heterocycles. The van der Waals surface area contributed by atoms with Gasteiger partial charge in [0.1, 0.15) is 0 Å². The van der Waals surface area contributed by atoms with Crippen molar-refractivity contribution in [3.05, 3.63) is 34.9 Å². The Morgan fingerprint density at radius 1 is 1.39 bits per heavy atom. The first kappa shape index (κ1) is 13.3. The topological polar surface area (TPSA) is 43.1 Å². The maximum Gasteiger partial charge on any atom is 0.170 e. The van der Waals surface area contributed by atoms with Crippen LogP contribution in [0.1, 0.15) is 60.5 Å². The van der Waals surface area contributed by atoms with Crippen LogP contribution in [0.2, 0.25) is 0 Å². The number of hydrogen-bond acceptors (Lipinski definition) is 2. The Balaban J connectivity index is 2.38. The maximum absolute atomic E-state index is 12.7. The third-order valence-electron chi connectivity index (χ3n) is 4.36. The molecular weight excluding hydrogens is 222 g/mol. The number of aryl methyl sites for hydroxylation is 1. The fourth-order valence-corrected chi connectivity index (χ4v) is 2.66. The van der Waals surface area contributed by atoms with Crippen LogP contribution < -0.4 is 5.73 Å². The van der Waals surface area contributed by atoms with Gasteiger partial charge in [-0.05, 0) is 42.9 Å². The van der Waals surface area contributed by atoms with Gasteiger partial charge in [0.25, 0.3) is 0 Å². The molecule has 0 aromatic heterocycles. The first-order valence-corrected chi connectivity index (χ1v) is 6.85. The minimum absolute atomic E-state index is 0.260. The van der Waals surface area contributed by atoms with Gasteiger partial charge in [-0.25, -0.2) is 0 Å². The molecule has 2 N–H and O–H groups in total. The molecule has 2 nitrogen and oxygen atoms in total. The number of carbonyl (C=O) groups is 1. The quantitative estimate of drug-likeness (QED) is 0.826. The molecule has 0 unspecified atom stereocenters. The van der Waals surface area contributed by atoms with Gasteiger partial charge >= 0.3 is 0 Å². The third-order valence-corrected chi connectivity index (χ3v) is 4.36. The molecule has 1 aromatic rings. The van der Waals surface area contributed by atoms with E-state index in [0.717, 1.165) is 30.4 Å². The van der Waals surface area contributed by atoms with E-state index in [0.29, 0.717) is 12.5 Å². The molecule has 1 aliphatic carbocycles. The highest BCUT2D eigenvalue weighted by Gasteiger charge is 2.43. The molecule has 0 saturated heterocycles. The fraction of sp³-hybridized carbons (Fsp3) is 0.562. The average molecular weight is 245 g/mol. The summed E-state index contributed by atoms with van der Waals surface area (Å²) < 4.78 is 0. The van der Waals surface area contributed by atoms with Gasteiger partial charge in [-0.15, -0.1) is 0 Å². The van der Waals surface area contributed by atoms with Crippen molar-refractivity contribution in [2.75, 3.05) is 6.54 Å². The molecule has 1 aromatic carbocycles. The molecule has 1 fully saturated rings. The van der Waals surface area contributed by atoms with Crippen molar-refractivity contribution < 1.29 is 4.79 Å². The van der Waals surface area contributed by atoms with Crippen LogP contribution in [0, 0.1) is 12.3 Å². The minimum atomic E-state index is -0.264. The van der Waals surface area contributed by atoms with Crippen molar-refractivity contribution in [3.63, 3.8) is 0 Å². The average Bonchev–Trinajstić information content (AvgIpc) is 2.28. The van der Waals surface area contributed by atoms with Gasteiger partial charge in [-0.3, -0.25) is 4.79 Å². The summed E-state index contributed by atoms with van der Waals surface area (Å²) in [6.07, 6.45) is 3.03. The molecule has 0 spiro atoms. The number of hydrogen-bond donors (Lipinski definition) is 1. The van der Waals surface area contributed by atoms with Gasteiger partial charge in [0, 0.05) is 17.5 Å². The summed E-state index contributed by atoms with van der Waals surface area (Å²) in [5.74, 6) is 0.712. The lowest BCUT2D eigenvalue weighted by molar-refractivity contribution is 0.0635. The van der Waals surface area contributed by atoms with Crippen LogP contribution in [-0.2, 0) is 0 Å². The summed E-state index contributed by atoms with van der Waals surface area (Å²) in [5, 5.41) is 0. The Bertz CT molecular complexity index is 453. The smallest absolute Gasteiger partial charge is 0.170 e. The summed E-state index contributed by atoms with van der Waals surface area (Å²) in [6, 6.07) is 6.25. The zero-order valence-corrected chi connectivity index (χ0v) is 11.6. The molecule has 0 amide bonds. The van der Waals surface area contributed by atoms with E-state index < -0.39 is 0 Å². The van der Waals surface area contributed by atoms with Crippen molar-refractivity contribution in [2.24, 2.45) is 11.1 Å². The molecule has 1 aliphatic rings. The first-order valence-electron chi connectivity index (χ1n) is 6.85. The van der Waals surface area contributed by atoms with Crippen LogP contribution in [0.3, 0.4) is 0 Å². The lowest BCUT2D eigenvalue weighted by atomic mass is 9.64. The van der Waals surface area contributed by atoms with Crippen LogP contribution in [0.5, 0.6) is 0 Å². The van der Waals surface area contributed by atoms with E-state index in [1.165, 1.54) is 5.56 Å².